The summed E-state index contributed by atoms with van der Waals surface area (Å²) < 4.78 is 40.3. The minimum atomic E-state index is -4.38. The van der Waals surface area contributed by atoms with Gasteiger partial charge in [0.15, 0.2) is 0 Å². The first-order valence-electron chi connectivity index (χ1n) is 10.5. The van der Waals surface area contributed by atoms with Gasteiger partial charge in [-0.2, -0.15) is 13.2 Å². The van der Waals surface area contributed by atoms with E-state index in [0.29, 0.717) is 51.4 Å². The van der Waals surface area contributed by atoms with Crippen LogP contribution in [-0.4, -0.2) is 50.9 Å². The molecule has 0 saturated heterocycles. The highest BCUT2D eigenvalue weighted by Crippen LogP contribution is 2.49. The van der Waals surface area contributed by atoms with Crippen LogP contribution in [-0.2, 0) is 4.79 Å². The predicted molar refractivity (Wildman–Crippen MR) is 103 cm³/mol. The van der Waals surface area contributed by atoms with E-state index in [9.17, 15) is 33.3 Å². The third-order valence-corrected chi connectivity index (χ3v) is 5.73. The van der Waals surface area contributed by atoms with E-state index in [1.54, 1.807) is 6.92 Å². The number of aliphatic hydroxyl groups is 3. The van der Waals surface area contributed by atoms with Crippen LogP contribution in [0, 0.1) is 17.8 Å². The van der Waals surface area contributed by atoms with Gasteiger partial charge in [-0.25, -0.2) is 0 Å². The molecule has 0 aromatic heterocycles. The molecule has 0 radical (unpaired) electrons. The molecular formula is C21H35F3O5. The summed E-state index contributed by atoms with van der Waals surface area (Å²) in [6, 6.07) is 0. The number of aliphatic hydroxyl groups excluding tert-OH is 3. The van der Waals surface area contributed by atoms with Gasteiger partial charge in [-0.05, 0) is 51.4 Å². The first-order valence-corrected chi connectivity index (χ1v) is 10.5. The van der Waals surface area contributed by atoms with E-state index in [-0.39, 0.29) is 12.8 Å². The van der Waals surface area contributed by atoms with Crippen LogP contribution in [0.4, 0.5) is 13.2 Å². The number of rotatable bonds is 13. The van der Waals surface area contributed by atoms with Gasteiger partial charge in [0.2, 0.25) is 0 Å². The molecule has 0 heterocycles. The van der Waals surface area contributed by atoms with E-state index in [2.05, 4.69) is 0 Å². The maximum atomic E-state index is 13.4. The molecule has 0 aromatic carbocycles. The molecule has 29 heavy (non-hydrogen) atoms. The third-order valence-electron chi connectivity index (χ3n) is 5.73. The molecule has 0 spiro atoms. The fourth-order valence-electron chi connectivity index (χ4n) is 4.17. The molecule has 1 aliphatic rings. The number of aliphatic carboxylic acids is 1. The lowest BCUT2D eigenvalue weighted by Gasteiger charge is -2.25. The summed E-state index contributed by atoms with van der Waals surface area (Å²) in [6.45, 7) is 1.65. The van der Waals surface area contributed by atoms with E-state index in [0.717, 1.165) is 0 Å². The van der Waals surface area contributed by atoms with E-state index in [1.165, 1.54) is 12.2 Å². The summed E-state index contributed by atoms with van der Waals surface area (Å²) in [7, 11) is 0. The van der Waals surface area contributed by atoms with Crippen molar-refractivity contribution in [2.75, 3.05) is 0 Å². The Bertz CT molecular complexity index is 507. The van der Waals surface area contributed by atoms with Gasteiger partial charge in [-0.1, -0.05) is 31.4 Å². The second-order valence-electron chi connectivity index (χ2n) is 8.27. The van der Waals surface area contributed by atoms with Gasteiger partial charge >= 0.3 is 12.1 Å². The largest absolute Gasteiger partial charge is 0.481 e. The van der Waals surface area contributed by atoms with Crippen molar-refractivity contribution in [3.8, 4) is 0 Å². The number of hydrogen-bond acceptors (Lipinski definition) is 4. The Labute approximate surface area is 170 Å². The van der Waals surface area contributed by atoms with Crippen LogP contribution in [0.15, 0.2) is 12.2 Å². The fourth-order valence-corrected chi connectivity index (χ4v) is 4.17. The number of hydrogen-bond donors (Lipinski definition) is 4. The van der Waals surface area contributed by atoms with Gasteiger partial charge in [0.1, 0.15) is 0 Å². The summed E-state index contributed by atoms with van der Waals surface area (Å²) in [6.07, 6.45) is 0.174. The van der Waals surface area contributed by atoms with Crippen LogP contribution < -0.4 is 0 Å². The van der Waals surface area contributed by atoms with Crippen molar-refractivity contribution in [2.45, 2.75) is 95.6 Å². The second-order valence-corrected chi connectivity index (χ2v) is 8.27. The molecule has 0 amide bonds. The molecule has 1 saturated carbocycles. The molecule has 6 atom stereocenters. The van der Waals surface area contributed by atoms with Crippen LogP contribution in [0.25, 0.3) is 0 Å². The highest BCUT2D eigenvalue weighted by molar-refractivity contribution is 5.66. The van der Waals surface area contributed by atoms with Crippen molar-refractivity contribution >= 4 is 5.97 Å². The number of carbonyl (C=O) groups is 1. The average molecular weight is 425 g/mol. The summed E-state index contributed by atoms with van der Waals surface area (Å²) in [5.41, 5.74) is 0. The molecule has 1 fully saturated rings. The molecule has 0 aliphatic heterocycles. The van der Waals surface area contributed by atoms with E-state index >= 15 is 0 Å². The fraction of sp³-hybridized carbons (Fsp3) is 0.857. The Morgan fingerprint density at radius 1 is 1.10 bits per heavy atom. The Morgan fingerprint density at radius 3 is 2.34 bits per heavy atom. The van der Waals surface area contributed by atoms with Crippen LogP contribution in [0.2, 0.25) is 0 Å². The average Bonchev–Trinajstić information content (AvgIpc) is 2.91. The predicted octanol–water partition coefficient (Wildman–Crippen LogP) is 4.06. The minimum Gasteiger partial charge on any atom is -0.481 e. The topological polar surface area (TPSA) is 98.0 Å². The Kier molecular flexibility index (Phi) is 11.2. The zero-order valence-corrected chi connectivity index (χ0v) is 17.0. The maximum Gasteiger partial charge on any atom is 0.392 e. The lowest BCUT2D eigenvalue weighted by molar-refractivity contribution is -0.186. The quantitative estimate of drug-likeness (QED) is 0.264. The monoisotopic (exact) mass is 424 g/mol. The Balaban J connectivity index is 2.63. The van der Waals surface area contributed by atoms with Crippen molar-refractivity contribution in [3.63, 3.8) is 0 Å². The molecule has 0 aromatic rings. The zero-order valence-electron chi connectivity index (χ0n) is 17.0. The molecule has 1 rings (SSSR count). The number of unbranched alkanes of at least 4 members (excludes halogenated alkanes) is 3. The van der Waals surface area contributed by atoms with Gasteiger partial charge in [0.05, 0.1) is 24.2 Å². The smallest absolute Gasteiger partial charge is 0.392 e. The Hall–Kier alpha value is -1.12. The van der Waals surface area contributed by atoms with Crippen LogP contribution in [0.3, 0.4) is 0 Å². The first kappa shape index (κ1) is 25.9. The van der Waals surface area contributed by atoms with Crippen LogP contribution in [0.5, 0.6) is 0 Å². The minimum absolute atomic E-state index is 0.0611. The normalized spacial score (nSPS) is 27.4. The van der Waals surface area contributed by atoms with E-state index in [4.69, 9.17) is 5.11 Å². The van der Waals surface area contributed by atoms with Gasteiger partial charge in [-0.15, -0.1) is 0 Å². The molecular weight excluding hydrogens is 389 g/mol. The molecule has 0 unspecified atom stereocenters. The van der Waals surface area contributed by atoms with Gasteiger partial charge in [0, 0.05) is 12.3 Å². The summed E-state index contributed by atoms with van der Waals surface area (Å²) in [5.74, 6) is -3.85. The molecule has 1 aliphatic carbocycles. The number of alkyl halides is 3. The number of halogens is 3. The molecule has 4 N–H and O–H groups in total. The lowest BCUT2D eigenvalue weighted by atomic mass is 9.83. The van der Waals surface area contributed by atoms with Crippen molar-refractivity contribution < 1.29 is 38.4 Å². The summed E-state index contributed by atoms with van der Waals surface area (Å²) in [5, 5.41) is 38.1. The summed E-state index contributed by atoms with van der Waals surface area (Å²) in [4.78, 5) is 10.5. The molecule has 5 nitrogen and oxygen atoms in total. The lowest BCUT2D eigenvalue weighted by Crippen LogP contribution is -2.28. The van der Waals surface area contributed by atoms with E-state index < -0.39 is 48.2 Å². The van der Waals surface area contributed by atoms with E-state index in [1.807, 2.05) is 0 Å². The SMILES string of the molecule is C[C@@H](O)CCC[C@H](O)/C=C/[C@@H]1[C@@H](CCCCCCC(=O)O)[C@H](C(F)(F)F)C[C@H]1O. The third kappa shape index (κ3) is 9.96. The first-order chi connectivity index (χ1) is 13.5. The molecule has 0 bridgehead atoms. The number of carboxylic acids is 1. The number of carboxylic acid groups (broad SMARTS) is 1. The molecule has 170 valence electrons. The van der Waals surface area contributed by atoms with Crippen molar-refractivity contribution in [1.82, 2.24) is 0 Å². The van der Waals surface area contributed by atoms with Crippen molar-refractivity contribution in [2.24, 2.45) is 17.8 Å². The highest BCUT2D eigenvalue weighted by Gasteiger charge is 2.53. The van der Waals surface area contributed by atoms with Gasteiger partial charge < -0.3 is 20.4 Å². The van der Waals surface area contributed by atoms with Gasteiger partial charge in [0.25, 0.3) is 0 Å². The highest BCUT2D eigenvalue weighted by atomic mass is 19.4. The van der Waals surface area contributed by atoms with Gasteiger partial charge in [-0.3, -0.25) is 4.79 Å². The summed E-state index contributed by atoms with van der Waals surface area (Å²) >= 11 is 0. The zero-order chi connectivity index (χ0) is 22.0. The second kappa shape index (κ2) is 12.5. The molecule has 8 heteroatoms. The van der Waals surface area contributed by atoms with Crippen LogP contribution in [0.1, 0.15) is 71.1 Å². The van der Waals surface area contributed by atoms with Crippen LogP contribution >= 0.6 is 0 Å². The maximum absolute atomic E-state index is 13.4. The van der Waals surface area contributed by atoms with Crippen molar-refractivity contribution in [3.05, 3.63) is 12.2 Å². The Morgan fingerprint density at radius 2 is 1.76 bits per heavy atom. The standard InChI is InChI=1S/C21H35F3O5/c1-14(25)7-6-8-15(26)11-12-17-16(9-4-2-3-5-10-20(28)29)18(13-19(17)27)21(22,23)24/h11-12,14-19,25-27H,2-10,13H2,1H3,(H,28,29)/b12-11+/t14-,15+,16-,17-,18-,19-/m1/s1. The van der Waals surface area contributed by atoms with Crippen molar-refractivity contribution in [1.29, 1.82) is 0 Å².